The summed E-state index contributed by atoms with van der Waals surface area (Å²) < 4.78 is 7.05. The Balaban J connectivity index is 1.50. The number of ether oxygens (including phenoxy) is 1. The summed E-state index contributed by atoms with van der Waals surface area (Å²) in [5.41, 5.74) is 2.18. The van der Waals surface area contributed by atoms with Crippen LogP contribution in [0, 0.1) is 0 Å². The van der Waals surface area contributed by atoms with E-state index < -0.39 is 0 Å². The Morgan fingerprint density at radius 3 is 2.80 bits per heavy atom. The average Bonchev–Trinajstić information content (AvgIpc) is 3.25. The fraction of sp³-hybridized carbons (Fsp3) is 0.429. The normalized spacial score (nSPS) is 14.2. The van der Waals surface area contributed by atoms with Crippen molar-refractivity contribution in [3.05, 3.63) is 50.7 Å². The molecule has 1 aliphatic rings. The van der Waals surface area contributed by atoms with Crippen LogP contribution in [0.5, 0.6) is 0 Å². The summed E-state index contributed by atoms with van der Waals surface area (Å²) in [6.07, 6.45) is 1.10. The molecule has 0 atom stereocenters. The number of rotatable bonds is 7. The topological polar surface area (TPSA) is 89.4 Å². The molecule has 0 bridgehead atoms. The van der Waals surface area contributed by atoms with Gasteiger partial charge in [-0.25, -0.2) is 9.97 Å². The summed E-state index contributed by atoms with van der Waals surface area (Å²) in [5, 5.41) is 5.93. The van der Waals surface area contributed by atoms with Gasteiger partial charge in [-0.3, -0.25) is 9.59 Å². The lowest BCUT2D eigenvalue weighted by Gasteiger charge is -2.28. The lowest BCUT2D eigenvalue weighted by atomic mass is 10.2. The number of amides is 1. The van der Waals surface area contributed by atoms with Gasteiger partial charge in [0.1, 0.15) is 0 Å². The first-order chi connectivity index (χ1) is 14.7. The van der Waals surface area contributed by atoms with E-state index in [2.05, 4.69) is 22.2 Å². The molecule has 4 rings (SSSR count). The van der Waals surface area contributed by atoms with Gasteiger partial charge >= 0.3 is 0 Å². The SMILES string of the molecule is CCc1nc(CNC(=O)CCn2c(=O)c(N3CCOCC3)nc3ccccc32)cs1. The monoisotopic (exact) mass is 427 g/mol. The molecule has 30 heavy (non-hydrogen) atoms. The molecule has 0 aliphatic carbocycles. The molecule has 0 spiro atoms. The van der Waals surface area contributed by atoms with Gasteiger partial charge in [-0.15, -0.1) is 11.3 Å². The third kappa shape index (κ3) is 4.52. The Bertz CT molecular complexity index is 1090. The van der Waals surface area contributed by atoms with Gasteiger partial charge in [-0.2, -0.15) is 0 Å². The third-order valence-corrected chi connectivity index (χ3v) is 6.12. The smallest absolute Gasteiger partial charge is 0.294 e. The van der Waals surface area contributed by atoms with Crippen LogP contribution in [0.2, 0.25) is 0 Å². The van der Waals surface area contributed by atoms with Crippen LogP contribution in [0.15, 0.2) is 34.4 Å². The second-order valence-electron chi connectivity index (χ2n) is 7.09. The van der Waals surface area contributed by atoms with Gasteiger partial charge in [0.25, 0.3) is 5.56 Å². The summed E-state index contributed by atoms with van der Waals surface area (Å²) in [4.78, 5) is 36.6. The molecule has 1 aliphatic heterocycles. The molecule has 0 saturated carbocycles. The molecule has 3 aromatic rings. The van der Waals surface area contributed by atoms with Gasteiger partial charge in [-0.05, 0) is 18.6 Å². The molecule has 8 nitrogen and oxygen atoms in total. The predicted octanol–water partition coefficient (Wildman–Crippen LogP) is 1.96. The van der Waals surface area contributed by atoms with Crippen LogP contribution >= 0.6 is 11.3 Å². The number of hydrogen-bond acceptors (Lipinski definition) is 7. The zero-order chi connectivity index (χ0) is 20.9. The summed E-state index contributed by atoms with van der Waals surface area (Å²) in [7, 11) is 0. The Hall–Kier alpha value is -2.78. The van der Waals surface area contributed by atoms with Gasteiger partial charge in [0.2, 0.25) is 5.91 Å². The van der Waals surface area contributed by atoms with Crippen LogP contribution in [0.1, 0.15) is 24.0 Å². The summed E-state index contributed by atoms with van der Waals surface area (Å²) in [6.45, 7) is 5.17. The average molecular weight is 428 g/mol. The summed E-state index contributed by atoms with van der Waals surface area (Å²) in [6, 6.07) is 7.54. The zero-order valence-electron chi connectivity index (χ0n) is 17.0. The molecule has 2 aromatic heterocycles. The minimum atomic E-state index is -0.171. The number of carbonyl (C=O) groups is 1. The van der Waals surface area contributed by atoms with Crippen LogP contribution in [0.25, 0.3) is 11.0 Å². The quantitative estimate of drug-likeness (QED) is 0.620. The van der Waals surface area contributed by atoms with E-state index in [1.807, 2.05) is 34.5 Å². The highest BCUT2D eigenvalue weighted by molar-refractivity contribution is 7.09. The number of anilines is 1. The van der Waals surface area contributed by atoms with Crippen LogP contribution in [0.4, 0.5) is 5.82 Å². The van der Waals surface area contributed by atoms with E-state index >= 15 is 0 Å². The lowest BCUT2D eigenvalue weighted by molar-refractivity contribution is -0.121. The molecular weight excluding hydrogens is 402 g/mol. The number of aryl methyl sites for hydroxylation is 2. The molecule has 1 saturated heterocycles. The van der Waals surface area contributed by atoms with Crippen molar-refractivity contribution in [3.63, 3.8) is 0 Å². The van der Waals surface area contributed by atoms with Gasteiger partial charge in [-0.1, -0.05) is 19.1 Å². The Kier molecular flexibility index (Phi) is 6.39. The van der Waals surface area contributed by atoms with Crippen molar-refractivity contribution in [2.75, 3.05) is 31.2 Å². The van der Waals surface area contributed by atoms with Crippen molar-refractivity contribution in [3.8, 4) is 0 Å². The summed E-state index contributed by atoms with van der Waals surface area (Å²) in [5.74, 6) is 0.314. The molecule has 158 valence electrons. The number of benzene rings is 1. The molecule has 0 radical (unpaired) electrons. The molecule has 1 N–H and O–H groups in total. The number of para-hydroxylation sites is 2. The minimum absolute atomic E-state index is 0.109. The molecule has 1 fully saturated rings. The summed E-state index contributed by atoms with van der Waals surface area (Å²) >= 11 is 1.60. The highest BCUT2D eigenvalue weighted by Crippen LogP contribution is 2.16. The molecule has 1 aromatic carbocycles. The van der Waals surface area contributed by atoms with E-state index in [0.717, 1.165) is 28.2 Å². The zero-order valence-corrected chi connectivity index (χ0v) is 17.8. The van der Waals surface area contributed by atoms with Gasteiger partial charge in [0.15, 0.2) is 5.82 Å². The van der Waals surface area contributed by atoms with Crippen LogP contribution in [-0.2, 0) is 29.0 Å². The minimum Gasteiger partial charge on any atom is -0.378 e. The number of hydrogen-bond donors (Lipinski definition) is 1. The van der Waals surface area contributed by atoms with E-state index in [9.17, 15) is 9.59 Å². The fourth-order valence-electron chi connectivity index (χ4n) is 3.47. The van der Waals surface area contributed by atoms with Crippen molar-refractivity contribution >= 4 is 34.1 Å². The molecule has 3 heterocycles. The number of nitrogens with zero attached hydrogens (tertiary/aromatic N) is 4. The standard InChI is InChI=1S/C21H25N5O3S/c1-2-19-23-15(14-30-19)13-22-18(27)7-8-26-17-6-4-3-5-16(17)24-20(21(26)28)25-9-11-29-12-10-25/h3-6,14H,2,7-13H2,1H3,(H,22,27). The largest absolute Gasteiger partial charge is 0.378 e. The molecule has 9 heteroatoms. The van der Waals surface area contributed by atoms with Crippen molar-refractivity contribution in [2.24, 2.45) is 0 Å². The van der Waals surface area contributed by atoms with E-state index in [0.29, 0.717) is 45.2 Å². The maximum Gasteiger partial charge on any atom is 0.294 e. The third-order valence-electron chi connectivity index (χ3n) is 5.08. The highest BCUT2D eigenvalue weighted by atomic mass is 32.1. The molecule has 0 unspecified atom stereocenters. The number of morpholine rings is 1. The fourth-order valence-corrected chi connectivity index (χ4v) is 4.21. The van der Waals surface area contributed by atoms with Crippen molar-refractivity contribution in [1.82, 2.24) is 19.9 Å². The Labute approximate surface area is 178 Å². The highest BCUT2D eigenvalue weighted by Gasteiger charge is 2.19. The maximum absolute atomic E-state index is 13.2. The van der Waals surface area contributed by atoms with Crippen molar-refractivity contribution < 1.29 is 9.53 Å². The van der Waals surface area contributed by atoms with E-state index in [4.69, 9.17) is 4.74 Å². The first kappa shape index (κ1) is 20.5. The first-order valence-corrected chi connectivity index (χ1v) is 11.1. The van der Waals surface area contributed by atoms with E-state index in [1.165, 1.54) is 0 Å². The first-order valence-electron chi connectivity index (χ1n) is 10.2. The predicted molar refractivity (Wildman–Crippen MR) is 117 cm³/mol. The molecule has 1 amide bonds. The number of thiazole rings is 1. The number of carbonyl (C=O) groups excluding carboxylic acids is 1. The van der Waals surface area contributed by atoms with Crippen molar-refractivity contribution in [1.29, 1.82) is 0 Å². The number of nitrogens with one attached hydrogen (secondary N) is 1. The Morgan fingerprint density at radius 2 is 2.03 bits per heavy atom. The number of fused-ring (bicyclic) bond motifs is 1. The maximum atomic E-state index is 13.2. The second kappa shape index (κ2) is 9.36. The van der Waals surface area contributed by atoms with E-state index in [1.54, 1.807) is 15.9 Å². The van der Waals surface area contributed by atoms with Crippen LogP contribution < -0.4 is 15.8 Å². The van der Waals surface area contributed by atoms with Crippen LogP contribution in [0.3, 0.4) is 0 Å². The van der Waals surface area contributed by atoms with Gasteiger partial charge in [0, 0.05) is 31.4 Å². The van der Waals surface area contributed by atoms with Gasteiger partial charge in [0.05, 0.1) is 41.5 Å². The van der Waals surface area contributed by atoms with E-state index in [-0.39, 0.29) is 17.9 Å². The second-order valence-corrected chi connectivity index (χ2v) is 8.04. The molecular formula is C21H25N5O3S. The number of aromatic nitrogens is 3. The lowest BCUT2D eigenvalue weighted by Crippen LogP contribution is -2.41. The van der Waals surface area contributed by atoms with Crippen molar-refractivity contribution in [2.45, 2.75) is 32.9 Å². The van der Waals surface area contributed by atoms with Gasteiger partial charge < -0.3 is 19.5 Å². The Morgan fingerprint density at radius 1 is 1.23 bits per heavy atom. The van der Waals surface area contributed by atoms with Crippen LogP contribution in [-0.4, -0.2) is 46.7 Å².